The number of carbonyl (C=O) groups excluding carboxylic acids is 2. The highest BCUT2D eigenvalue weighted by atomic mass is 16.2. The molecule has 0 spiro atoms. The summed E-state index contributed by atoms with van der Waals surface area (Å²) in [4.78, 5) is 28.6. The molecule has 120 valence electrons. The van der Waals surface area contributed by atoms with Gasteiger partial charge in [-0.2, -0.15) is 0 Å². The monoisotopic (exact) mass is 311 g/mol. The van der Waals surface area contributed by atoms with E-state index >= 15 is 0 Å². The molecule has 2 amide bonds. The number of benzene rings is 1. The molecule has 1 unspecified atom stereocenters. The standard InChI is InChI=1S/C18H21N3O2/c1-13(2)16(21-17(22)15-8-4-3-5-9-15)18(23)20-12-14-7-6-10-19-11-14/h3-11,13,16H,12H2,1-2H3,(H,20,23)(H,21,22). The Hall–Kier alpha value is -2.69. The topological polar surface area (TPSA) is 71.1 Å². The molecule has 5 heteroatoms. The van der Waals surface area contributed by atoms with Gasteiger partial charge in [0.05, 0.1) is 0 Å². The van der Waals surface area contributed by atoms with Crippen molar-refractivity contribution in [2.45, 2.75) is 26.4 Å². The summed E-state index contributed by atoms with van der Waals surface area (Å²) in [6.07, 6.45) is 3.38. The summed E-state index contributed by atoms with van der Waals surface area (Å²) in [5.41, 5.74) is 1.45. The van der Waals surface area contributed by atoms with Crippen LogP contribution in [0.15, 0.2) is 54.9 Å². The van der Waals surface area contributed by atoms with Gasteiger partial charge in [-0.15, -0.1) is 0 Å². The van der Waals surface area contributed by atoms with Crippen molar-refractivity contribution in [3.63, 3.8) is 0 Å². The highest BCUT2D eigenvalue weighted by molar-refractivity contribution is 5.97. The van der Waals surface area contributed by atoms with Crippen LogP contribution in [0.25, 0.3) is 0 Å². The van der Waals surface area contributed by atoms with Crippen LogP contribution in [0.1, 0.15) is 29.8 Å². The first-order valence-electron chi connectivity index (χ1n) is 7.60. The normalized spacial score (nSPS) is 11.8. The molecule has 0 saturated carbocycles. The average molecular weight is 311 g/mol. The maximum Gasteiger partial charge on any atom is 0.251 e. The lowest BCUT2D eigenvalue weighted by atomic mass is 10.0. The lowest BCUT2D eigenvalue weighted by Crippen LogP contribution is -2.49. The molecule has 0 saturated heterocycles. The van der Waals surface area contributed by atoms with Gasteiger partial charge in [0.15, 0.2) is 0 Å². The molecule has 0 aliphatic heterocycles. The van der Waals surface area contributed by atoms with Crippen molar-refractivity contribution in [1.29, 1.82) is 0 Å². The van der Waals surface area contributed by atoms with E-state index in [4.69, 9.17) is 0 Å². The predicted octanol–water partition coefficient (Wildman–Crippen LogP) is 2.15. The third-order valence-electron chi connectivity index (χ3n) is 3.46. The number of rotatable bonds is 6. The first-order chi connectivity index (χ1) is 11.1. The number of hydrogen-bond acceptors (Lipinski definition) is 3. The molecule has 0 bridgehead atoms. The zero-order chi connectivity index (χ0) is 16.7. The van der Waals surface area contributed by atoms with Gasteiger partial charge in [0, 0.05) is 24.5 Å². The van der Waals surface area contributed by atoms with Crippen LogP contribution in [0.3, 0.4) is 0 Å². The van der Waals surface area contributed by atoms with Gasteiger partial charge in [-0.05, 0) is 29.7 Å². The van der Waals surface area contributed by atoms with Crippen LogP contribution in [0.4, 0.5) is 0 Å². The number of aromatic nitrogens is 1. The molecule has 2 N–H and O–H groups in total. The lowest BCUT2D eigenvalue weighted by molar-refractivity contribution is -0.124. The van der Waals surface area contributed by atoms with E-state index in [0.29, 0.717) is 12.1 Å². The van der Waals surface area contributed by atoms with E-state index in [2.05, 4.69) is 15.6 Å². The summed E-state index contributed by atoms with van der Waals surface area (Å²) >= 11 is 0. The fraction of sp³-hybridized carbons (Fsp3) is 0.278. The maximum atomic E-state index is 12.4. The van der Waals surface area contributed by atoms with Crippen LogP contribution < -0.4 is 10.6 Å². The molecule has 1 aromatic heterocycles. The fourth-order valence-corrected chi connectivity index (χ4v) is 2.15. The number of nitrogens with one attached hydrogen (secondary N) is 2. The molecule has 1 heterocycles. The summed E-state index contributed by atoms with van der Waals surface area (Å²) in [6, 6.07) is 12.0. The van der Waals surface area contributed by atoms with Crippen LogP contribution in [0.5, 0.6) is 0 Å². The molecule has 1 aromatic carbocycles. The maximum absolute atomic E-state index is 12.4. The summed E-state index contributed by atoms with van der Waals surface area (Å²) in [5.74, 6) is -0.467. The van der Waals surface area contributed by atoms with E-state index in [1.807, 2.05) is 32.0 Å². The Morgan fingerprint density at radius 1 is 1.09 bits per heavy atom. The average Bonchev–Trinajstić information content (AvgIpc) is 2.58. The predicted molar refractivity (Wildman–Crippen MR) is 88.6 cm³/mol. The highest BCUT2D eigenvalue weighted by Crippen LogP contribution is 2.06. The molecular formula is C18H21N3O2. The van der Waals surface area contributed by atoms with Crippen LogP contribution in [-0.4, -0.2) is 22.8 Å². The van der Waals surface area contributed by atoms with Crippen molar-refractivity contribution in [3.8, 4) is 0 Å². The minimum atomic E-state index is -0.584. The first-order valence-corrected chi connectivity index (χ1v) is 7.60. The van der Waals surface area contributed by atoms with Crippen molar-refractivity contribution in [2.24, 2.45) is 5.92 Å². The Bertz CT molecular complexity index is 642. The third kappa shape index (κ3) is 4.92. The zero-order valence-electron chi connectivity index (χ0n) is 13.3. The van der Waals surface area contributed by atoms with Gasteiger partial charge in [-0.1, -0.05) is 38.1 Å². The lowest BCUT2D eigenvalue weighted by Gasteiger charge is -2.21. The van der Waals surface area contributed by atoms with Crippen molar-refractivity contribution in [3.05, 3.63) is 66.0 Å². The number of nitrogens with zero attached hydrogens (tertiary/aromatic N) is 1. The minimum absolute atomic E-state index is 0.0171. The highest BCUT2D eigenvalue weighted by Gasteiger charge is 2.24. The molecule has 0 aliphatic rings. The Morgan fingerprint density at radius 2 is 1.83 bits per heavy atom. The summed E-state index contributed by atoms with van der Waals surface area (Å²) in [5, 5.41) is 5.65. The van der Waals surface area contributed by atoms with Gasteiger partial charge < -0.3 is 10.6 Å². The Labute approximate surface area is 136 Å². The zero-order valence-corrected chi connectivity index (χ0v) is 13.3. The molecule has 0 aliphatic carbocycles. The fourth-order valence-electron chi connectivity index (χ4n) is 2.15. The van der Waals surface area contributed by atoms with Crippen molar-refractivity contribution >= 4 is 11.8 Å². The molecule has 0 fully saturated rings. The molecule has 0 radical (unpaired) electrons. The van der Waals surface area contributed by atoms with Gasteiger partial charge in [0.2, 0.25) is 5.91 Å². The Kier molecular flexibility index (Phi) is 5.86. The molecule has 1 atom stereocenters. The third-order valence-corrected chi connectivity index (χ3v) is 3.46. The number of amides is 2. The molecule has 23 heavy (non-hydrogen) atoms. The van der Waals surface area contributed by atoms with Gasteiger partial charge in [0.1, 0.15) is 6.04 Å². The van der Waals surface area contributed by atoms with Crippen LogP contribution in [-0.2, 0) is 11.3 Å². The van der Waals surface area contributed by atoms with Gasteiger partial charge in [-0.3, -0.25) is 14.6 Å². The Morgan fingerprint density at radius 3 is 2.43 bits per heavy atom. The summed E-state index contributed by atoms with van der Waals surface area (Å²) < 4.78 is 0. The molecular weight excluding hydrogens is 290 g/mol. The largest absolute Gasteiger partial charge is 0.350 e. The molecule has 2 rings (SSSR count). The van der Waals surface area contributed by atoms with E-state index < -0.39 is 6.04 Å². The van der Waals surface area contributed by atoms with Crippen molar-refractivity contribution < 1.29 is 9.59 Å². The van der Waals surface area contributed by atoms with E-state index in [9.17, 15) is 9.59 Å². The van der Waals surface area contributed by atoms with Crippen LogP contribution >= 0.6 is 0 Å². The Balaban J connectivity index is 1.97. The summed E-state index contributed by atoms with van der Waals surface area (Å²) in [7, 11) is 0. The van der Waals surface area contributed by atoms with E-state index in [1.165, 1.54) is 0 Å². The number of hydrogen-bond donors (Lipinski definition) is 2. The quantitative estimate of drug-likeness (QED) is 0.858. The van der Waals surface area contributed by atoms with Crippen molar-refractivity contribution in [1.82, 2.24) is 15.6 Å². The van der Waals surface area contributed by atoms with E-state index in [-0.39, 0.29) is 17.7 Å². The molecule has 2 aromatic rings. The summed E-state index contributed by atoms with van der Waals surface area (Å²) in [6.45, 7) is 4.19. The van der Waals surface area contributed by atoms with Crippen LogP contribution in [0, 0.1) is 5.92 Å². The van der Waals surface area contributed by atoms with Crippen molar-refractivity contribution in [2.75, 3.05) is 0 Å². The van der Waals surface area contributed by atoms with Gasteiger partial charge >= 0.3 is 0 Å². The van der Waals surface area contributed by atoms with Gasteiger partial charge in [-0.25, -0.2) is 0 Å². The smallest absolute Gasteiger partial charge is 0.251 e. The van der Waals surface area contributed by atoms with Gasteiger partial charge in [0.25, 0.3) is 5.91 Å². The number of pyridine rings is 1. The minimum Gasteiger partial charge on any atom is -0.350 e. The first kappa shape index (κ1) is 16.7. The SMILES string of the molecule is CC(C)C(NC(=O)c1ccccc1)C(=O)NCc1cccnc1. The van der Waals surface area contributed by atoms with E-state index in [0.717, 1.165) is 5.56 Å². The molecule has 5 nitrogen and oxygen atoms in total. The van der Waals surface area contributed by atoms with E-state index in [1.54, 1.807) is 36.7 Å². The second-order valence-electron chi connectivity index (χ2n) is 5.64. The van der Waals surface area contributed by atoms with Crippen LogP contribution in [0.2, 0.25) is 0 Å². The number of carbonyl (C=O) groups is 2. The second kappa shape index (κ2) is 8.08. The second-order valence-corrected chi connectivity index (χ2v) is 5.64.